The fraction of sp³-hybridized carbons (Fsp3) is 0.250. The van der Waals surface area contributed by atoms with Gasteiger partial charge in [-0.1, -0.05) is 33.3 Å². The van der Waals surface area contributed by atoms with Gasteiger partial charge in [-0.05, 0) is 81.3 Å². The van der Waals surface area contributed by atoms with E-state index in [2.05, 4.69) is 20.9 Å². The number of methoxy groups -OCH3 is 2. The van der Waals surface area contributed by atoms with Gasteiger partial charge in [-0.25, -0.2) is 14.6 Å². The molecule has 44 heavy (non-hydrogen) atoms. The SMILES string of the molecule is CCOC(=O)C1=C(C)N=c2s/c(=C\c3cc(C)n(-c4cccc(C(=O)O)c4)c3C)c(=O)n2[C@H]1c1cc(OC)c(OC)cc1Br. The highest BCUT2D eigenvalue weighted by atomic mass is 79.9. The molecule has 0 spiro atoms. The van der Waals surface area contributed by atoms with Gasteiger partial charge in [-0.15, -0.1) is 0 Å². The van der Waals surface area contributed by atoms with E-state index in [1.807, 2.05) is 30.5 Å². The van der Waals surface area contributed by atoms with Crippen LogP contribution in [-0.2, 0) is 9.53 Å². The number of benzene rings is 2. The molecule has 0 amide bonds. The normalized spacial score (nSPS) is 14.7. The van der Waals surface area contributed by atoms with E-state index in [9.17, 15) is 19.5 Å². The van der Waals surface area contributed by atoms with Gasteiger partial charge in [0.1, 0.15) is 0 Å². The van der Waals surface area contributed by atoms with Crippen LogP contribution in [0.4, 0.5) is 0 Å². The molecule has 12 heteroatoms. The molecule has 0 saturated carbocycles. The van der Waals surface area contributed by atoms with Crippen LogP contribution in [0.5, 0.6) is 11.5 Å². The number of carbonyl (C=O) groups is 2. The Balaban J connectivity index is 1.72. The minimum Gasteiger partial charge on any atom is -0.493 e. The summed E-state index contributed by atoms with van der Waals surface area (Å²) in [5, 5.41) is 9.47. The number of ether oxygens (including phenoxy) is 3. The Morgan fingerprint density at radius 3 is 2.45 bits per heavy atom. The van der Waals surface area contributed by atoms with Crippen molar-refractivity contribution >= 4 is 45.3 Å². The van der Waals surface area contributed by atoms with Gasteiger partial charge >= 0.3 is 11.9 Å². The maximum Gasteiger partial charge on any atom is 0.338 e. The number of thiazole rings is 1. The lowest BCUT2D eigenvalue weighted by Gasteiger charge is -2.26. The van der Waals surface area contributed by atoms with E-state index in [0.717, 1.165) is 17.0 Å². The standard InChI is InChI=1S/C32H30BrN3O7S/c1-7-43-31(40)27-17(3)34-32-36(28(27)22-14-24(41-5)25(42-6)15-23(22)33)29(37)26(44-32)13-20-11-16(2)35(18(20)4)21-10-8-9-19(12-21)30(38)39/h8-15,28H,7H2,1-6H3,(H,38,39)/b26-13-/t28-/m0/s1. The highest BCUT2D eigenvalue weighted by molar-refractivity contribution is 9.10. The van der Waals surface area contributed by atoms with Crippen molar-refractivity contribution in [2.45, 2.75) is 33.7 Å². The number of allylic oxidation sites excluding steroid dienone is 1. The van der Waals surface area contributed by atoms with E-state index < -0.39 is 18.0 Å². The lowest BCUT2D eigenvalue weighted by molar-refractivity contribution is -0.139. The summed E-state index contributed by atoms with van der Waals surface area (Å²) in [7, 11) is 3.05. The molecular formula is C32H30BrN3O7S. The van der Waals surface area contributed by atoms with Gasteiger partial charge in [0, 0.05) is 21.5 Å². The van der Waals surface area contributed by atoms with Crippen molar-refractivity contribution < 1.29 is 28.9 Å². The molecule has 0 radical (unpaired) electrons. The Hall–Kier alpha value is -4.42. The van der Waals surface area contributed by atoms with Crippen molar-refractivity contribution in [1.29, 1.82) is 0 Å². The average molecular weight is 681 g/mol. The molecule has 1 atom stereocenters. The first-order valence-electron chi connectivity index (χ1n) is 13.6. The Bertz CT molecular complexity index is 2040. The zero-order valence-corrected chi connectivity index (χ0v) is 27.3. The molecule has 4 aromatic rings. The molecule has 1 N–H and O–H groups in total. The van der Waals surface area contributed by atoms with Crippen LogP contribution in [0, 0.1) is 13.8 Å². The predicted molar refractivity (Wildman–Crippen MR) is 170 cm³/mol. The van der Waals surface area contributed by atoms with Gasteiger partial charge in [0.15, 0.2) is 16.3 Å². The minimum atomic E-state index is -1.01. The summed E-state index contributed by atoms with van der Waals surface area (Å²) in [5.74, 6) is -0.658. The molecule has 0 unspecified atom stereocenters. The average Bonchev–Trinajstić information content (AvgIpc) is 3.45. The number of nitrogens with zero attached hydrogens (tertiary/aromatic N) is 3. The van der Waals surface area contributed by atoms with Crippen LogP contribution in [0.1, 0.15) is 52.8 Å². The molecule has 1 aliphatic rings. The molecule has 2 aromatic heterocycles. The summed E-state index contributed by atoms with van der Waals surface area (Å²) in [4.78, 5) is 44.2. The summed E-state index contributed by atoms with van der Waals surface area (Å²) >= 11 is 4.83. The molecule has 228 valence electrons. The quantitative estimate of drug-likeness (QED) is 0.268. The Morgan fingerprint density at radius 2 is 1.80 bits per heavy atom. The predicted octanol–water partition coefficient (Wildman–Crippen LogP) is 4.68. The summed E-state index contributed by atoms with van der Waals surface area (Å²) in [5.41, 5.74) is 4.34. The second-order valence-electron chi connectivity index (χ2n) is 10.0. The number of hydrogen-bond donors (Lipinski definition) is 1. The summed E-state index contributed by atoms with van der Waals surface area (Å²) in [6.45, 7) is 7.44. The monoisotopic (exact) mass is 679 g/mol. The summed E-state index contributed by atoms with van der Waals surface area (Å²) in [6, 6.07) is 11.3. The van der Waals surface area contributed by atoms with Crippen molar-refractivity contribution in [3.8, 4) is 17.2 Å². The first kappa shape index (κ1) is 31.0. The van der Waals surface area contributed by atoms with E-state index in [0.29, 0.717) is 42.3 Å². The molecule has 5 rings (SSSR count). The van der Waals surface area contributed by atoms with Crippen molar-refractivity contribution in [2.75, 3.05) is 20.8 Å². The second kappa shape index (κ2) is 12.3. The van der Waals surface area contributed by atoms with Gasteiger partial charge < -0.3 is 23.9 Å². The van der Waals surface area contributed by atoms with Gasteiger partial charge in [-0.3, -0.25) is 9.36 Å². The molecule has 1 aliphatic heterocycles. The maximum absolute atomic E-state index is 14.2. The largest absolute Gasteiger partial charge is 0.493 e. The maximum atomic E-state index is 14.2. The third-order valence-corrected chi connectivity index (χ3v) is 9.09. The van der Waals surface area contributed by atoms with Crippen molar-refractivity contribution in [1.82, 2.24) is 9.13 Å². The van der Waals surface area contributed by atoms with Crippen LogP contribution < -0.4 is 24.4 Å². The number of halogens is 1. The Labute approximate surface area is 265 Å². The number of carbonyl (C=O) groups excluding carboxylic acids is 1. The third-order valence-electron chi connectivity index (χ3n) is 7.42. The molecule has 10 nitrogen and oxygen atoms in total. The molecule has 0 aliphatic carbocycles. The van der Waals surface area contributed by atoms with Crippen LogP contribution in [-0.4, -0.2) is 47.0 Å². The smallest absolute Gasteiger partial charge is 0.338 e. The van der Waals surface area contributed by atoms with Crippen molar-refractivity contribution in [3.63, 3.8) is 0 Å². The molecule has 0 fully saturated rings. The van der Waals surface area contributed by atoms with E-state index in [4.69, 9.17) is 14.2 Å². The van der Waals surface area contributed by atoms with Crippen LogP contribution >= 0.6 is 27.3 Å². The van der Waals surface area contributed by atoms with E-state index >= 15 is 0 Å². The van der Waals surface area contributed by atoms with Gasteiger partial charge in [0.05, 0.1) is 48.2 Å². The lowest BCUT2D eigenvalue weighted by atomic mass is 9.95. The van der Waals surface area contributed by atoms with E-state index in [-0.39, 0.29) is 23.3 Å². The topological polar surface area (TPSA) is 121 Å². The number of aromatic nitrogens is 2. The number of carboxylic acid groups (broad SMARTS) is 1. The summed E-state index contributed by atoms with van der Waals surface area (Å²) < 4.78 is 20.9. The summed E-state index contributed by atoms with van der Waals surface area (Å²) in [6.07, 6.45) is 1.80. The number of carboxylic acids is 1. The molecule has 3 heterocycles. The molecular weight excluding hydrogens is 650 g/mol. The van der Waals surface area contributed by atoms with Crippen LogP contribution in [0.2, 0.25) is 0 Å². The van der Waals surface area contributed by atoms with Gasteiger partial charge in [0.2, 0.25) is 0 Å². The zero-order valence-electron chi connectivity index (χ0n) is 24.9. The van der Waals surface area contributed by atoms with Crippen LogP contribution in [0.25, 0.3) is 11.8 Å². The lowest BCUT2D eigenvalue weighted by Crippen LogP contribution is -2.40. The third kappa shape index (κ3) is 5.39. The minimum absolute atomic E-state index is 0.158. The first-order valence-corrected chi connectivity index (χ1v) is 15.2. The highest BCUT2D eigenvalue weighted by Gasteiger charge is 2.35. The number of aryl methyl sites for hydroxylation is 1. The number of hydrogen-bond acceptors (Lipinski definition) is 8. The molecule has 0 bridgehead atoms. The van der Waals surface area contributed by atoms with Crippen molar-refractivity contribution in [3.05, 3.63) is 106 Å². The van der Waals surface area contributed by atoms with Gasteiger partial charge in [-0.2, -0.15) is 0 Å². The fourth-order valence-corrected chi connectivity index (χ4v) is 6.99. The molecule has 0 saturated heterocycles. The van der Waals surface area contributed by atoms with E-state index in [1.165, 1.54) is 30.1 Å². The Kier molecular flexibility index (Phi) is 8.66. The number of fused-ring (bicyclic) bond motifs is 1. The fourth-order valence-electron chi connectivity index (χ4n) is 5.42. The van der Waals surface area contributed by atoms with E-state index in [1.54, 1.807) is 50.3 Å². The zero-order chi connectivity index (χ0) is 31.9. The first-order chi connectivity index (χ1) is 21.0. The number of rotatable bonds is 8. The van der Waals surface area contributed by atoms with Gasteiger partial charge in [0.25, 0.3) is 5.56 Å². The molecule has 2 aromatic carbocycles. The van der Waals surface area contributed by atoms with Crippen LogP contribution in [0.3, 0.4) is 0 Å². The number of aromatic carboxylic acids is 1. The highest BCUT2D eigenvalue weighted by Crippen LogP contribution is 2.40. The van der Waals surface area contributed by atoms with Crippen molar-refractivity contribution in [2.24, 2.45) is 4.99 Å². The second-order valence-corrected chi connectivity index (χ2v) is 11.9. The van der Waals surface area contributed by atoms with Crippen LogP contribution in [0.15, 0.2) is 68.0 Å². The number of esters is 1. The Morgan fingerprint density at radius 1 is 1.09 bits per heavy atom.